The molecule has 0 aliphatic rings. The maximum Gasteiger partial charge on any atom is 0.202 e. The van der Waals surface area contributed by atoms with Gasteiger partial charge in [-0.2, -0.15) is 5.26 Å². The Morgan fingerprint density at radius 3 is 2.82 bits per heavy atom. The summed E-state index contributed by atoms with van der Waals surface area (Å²) in [5.74, 6) is -0.168. The second kappa shape index (κ2) is 4.94. The summed E-state index contributed by atoms with van der Waals surface area (Å²) in [4.78, 5) is 12.8. The molecule has 1 aromatic carbocycles. The second-order valence-corrected chi connectivity index (χ2v) is 4.73. The smallest absolute Gasteiger partial charge is 0.202 e. The van der Waals surface area contributed by atoms with Crippen LogP contribution in [0.4, 0.5) is 0 Å². The van der Waals surface area contributed by atoms with Gasteiger partial charge in [0.1, 0.15) is 0 Å². The fraction of sp³-hybridized carbons (Fsp3) is 0.143. The van der Waals surface area contributed by atoms with Crippen molar-refractivity contribution in [1.82, 2.24) is 0 Å². The summed E-state index contributed by atoms with van der Waals surface area (Å²) in [5.41, 5.74) is 1.53. The third-order valence-corrected chi connectivity index (χ3v) is 3.46. The molecule has 0 unspecified atom stereocenters. The molecule has 3 heteroatoms. The molecule has 0 saturated carbocycles. The Bertz CT molecular complexity index is 566. The Kier molecular flexibility index (Phi) is 3.36. The minimum Gasteiger partial charge on any atom is -0.288 e. The number of benzene rings is 1. The zero-order valence-corrected chi connectivity index (χ0v) is 10.2. The van der Waals surface area contributed by atoms with Crippen LogP contribution in [0.25, 0.3) is 0 Å². The number of rotatable bonds is 3. The molecule has 17 heavy (non-hydrogen) atoms. The van der Waals surface area contributed by atoms with Gasteiger partial charge in [0, 0.05) is 5.56 Å². The van der Waals surface area contributed by atoms with Gasteiger partial charge in [-0.25, -0.2) is 0 Å². The molecule has 0 radical (unpaired) electrons. The van der Waals surface area contributed by atoms with Crippen LogP contribution >= 0.6 is 11.3 Å². The normalized spacial score (nSPS) is 11.8. The highest BCUT2D eigenvalue weighted by atomic mass is 32.1. The molecule has 2 nitrogen and oxygen atoms in total. The number of nitriles is 1. The molecule has 2 rings (SSSR count). The maximum absolute atomic E-state index is 12.1. The number of carbonyl (C=O) groups excluding carboxylic acids is 1. The van der Waals surface area contributed by atoms with E-state index in [1.54, 1.807) is 12.1 Å². The summed E-state index contributed by atoms with van der Waals surface area (Å²) >= 11 is 1.43. The van der Waals surface area contributed by atoms with Gasteiger partial charge in [-0.1, -0.05) is 24.3 Å². The Balaban J connectivity index is 2.35. The predicted molar refractivity (Wildman–Crippen MR) is 68.2 cm³/mol. The first-order valence-electron chi connectivity index (χ1n) is 5.30. The topological polar surface area (TPSA) is 40.9 Å². The van der Waals surface area contributed by atoms with Crippen LogP contribution in [0.1, 0.15) is 33.6 Å². The highest BCUT2D eigenvalue weighted by Crippen LogP contribution is 2.19. The van der Waals surface area contributed by atoms with Crippen LogP contribution in [0.3, 0.4) is 0 Å². The molecule has 1 aromatic heterocycles. The molecule has 0 amide bonds. The van der Waals surface area contributed by atoms with Gasteiger partial charge in [0.15, 0.2) is 0 Å². The van der Waals surface area contributed by atoms with Crippen molar-refractivity contribution >= 4 is 17.1 Å². The largest absolute Gasteiger partial charge is 0.288 e. The number of hydrogen-bond donors (Lipinski definition) is 0. The Morgan fingerprint density at radius 2 is 2.18 bits per heavy atom. The maximum atomic E-state index is 12.1. The lowest BCUT2D eigenvalue weighted by molar-refractivity contribution is 0.104. The zero-order valence-electron chi connectivity index (χ0n) is 9.38. The predicted octanol–water partition coefficient (Wildman–Crippen LogP) is 3.61. The molecule has 1 heterocycles. The molecule has 84 valence electrons. The summed E-state index contributed by atoms with van der Waals surface area (Å²) in [6.07, 6.45) is 0. The SMILES string of the molecule is C[C@H](C#N)c1cccc(C(=O)c2cccs2)c1. The van der Waals surface area contributed by atoms with Crippen molar-refractivity contribution < 1.29 is 4.79 Å². The number of carbonyl (C=O) groups is 1. The molecule has 0 bridgehead atoms. The summed E-state index contributed by atoms with van der Waals surface area (Å²) in [7, 11) is 0. The molecule has 0 saturated heterocycles. The van der Waals surface area contributed by atoms with Crippen LogP contribution in [0.15, 0.2) is 41.8 Å². The molecule has 0 spiro atoms. The van der Waals surface area contributed by atoms with Gasteiger partial charge in [0.2, 0.25) is 5.78 Å². The fourth-order valence-electron chi connectivity index (χ4n) is 1.57. The van der Waals surface area contributed by atoms with Crippen molar-refractivity contribution in [2.24, 2.45) is 0 Å². The lowest BCUT2D eigenvalue weighted by Gasteiger charge is -2.04. The molecular formula is C14H11NOS. The molecular weight excluding hydrogens is 230 g/mol. The zero-order chi connectivity index (χ0) is 12.3. The third kappa shape index (κ3) is 2.43. The van der Waals surface area contributed by atoms with Gasteiger partial charge in [0.25, 0.3) is 0 Å². The average molecular weight is 241 g/mol. The summed E-state index contributed by atoms with van der Waals surface area (Å²) < 4.78 is 0. The first-order valence-corrected chi connectivity index (χ1v) is 6.18. The van der Waals surface area contributed by atoms with Crippen molar-refractivity contribution in [3.63, 3.8) is 0 Å². The number of thiophene rings is 1. The average Bonchev–Trinajstić information content (AvgIpc) is 2.91. The summed E-state index contributed by atoms with van der Waals surface area (Å²) in [6, 6.07) is 13.1. The van der Waals surface area contributed by atoms with Crippen LogP contribution in [0.2, 0.25) is 0 Å². The van der Waals surface area contributed by atoms with Crippen molar-refractivity contribution in [1.29, 1.82) is 5.26 Å². The van der Waals surface area contributed by atoms with Crippen LogP contribution in [0.5, 0.6) is 0 Å². The molecule has 0 aliphatic heterocycles. The quantitative estimate of drug-likeness (QED) is 0.770. The van der Waals surface area contributed by atoms with Crippen molar-refractivity contribution in [2.75, 3.05) is 0 Å². The van der Waals surface area contributed by atoms with E-state index >= 15 is 0 Å². The molecule has 2 aromatic rings. The van der Waals surface area contributed by atoms with Crippen molar-refractivity contribution in [3.05, 3.63) is 57.8 Å². The van der Waals surface area contributed by atoms with E-state index < -0.39 is 0 Å². The highest BCUT2D eigenvalue weighted by molar-refractivity contribution is 7.12. The number of ketones is 1. The van der Waals surface area contributed by atoms with Crippen LogP contribution < -0.4 is 0 Å². The van der Waals surface area contributed by atoms with E-state index in [1.165, 1.54) is 11.3 Å². The van der Waals surface area contributed by atoms with E-state index in [2.05, 4.69) is 6.07 Å². The summed E-state index contributed by atoms with van der Waals surface area (Å²) in [5, 5.41) is 10.8. The van der Waals surface area contributed by atoms with Gasteiger partial charge in [-0.15, -0.1) is 11.3 Å². The molecule has 0 N–H and O–H groups in total. The molecule has 1 atom stereocenters. The van der Waals surface area contributed by atoms with Crippen LogP contribution in [-0.4, -0.2) is 5.78 Å². The van der Waals surface area contributed by atoms with Gasteiger partial charge >= 0.3 is 0 Å². The summed E-state index contributed by atoms with van der Waals surface area (Å²) in [6.45, 7) is 1.83. The molecule has 0 fully saturated rings. The third-order valence-electron chi connectivity index (χ3n) is 2.59. The van der Waals surface area contributed by atoms with Gasteiger partial charge in [-0.3, -0.25) is 4.79 Å². The van der Waals surface area contributed by atoms with Gasteiger partial charge in [-0.05, 0) is 30.0 Å². The first-order chi connectivity index (χ1) is 8.22. The number of nitrogens with zero attached hydrogens (tertiary/aromatic N) is 1. The van der Waals surface area contributed by atoms with Crippen LogP contribution in [-0.2, 0) is 0 Å². The van der Waals surface area contributed by atoms with E-state index in [0.29, 0.717) is 5.56 Å². The monoisotopic (exact) mass is 241 g/mol. The highest BCUT2D eigenvalue weighted by Gasteiger charge is 2.12. The van der Waals surface area contributed by atoms with E-state index in [1.807, 2.05) is 36.6 Å². The minimum atomic E-state index is -0.189. The first kappa shape index (κ1) is 11.6. The Hall–Kier alpha value is -1.92. The Morgan fingerprint density at radius 1 is 1.35 bits per heavy atom. The standard InChI is InChI=1S/C14H11NOS/c1-10(9-15)11-4-2-5-12(8-11)14(16)13-6-3-7-17-13/h2-8,10H,1H3/t10-/m1/s1. The van der Waals surface area contributed by atoms with Gasteiger partial charge in [0.05, 0.1) is 16.9 Å². The lowest BCUT2D eigenvalue weighted by atomic mass is 9.98. The van der Waals surface area contributed by atoms with E-state index in [9.17, 15) is 4.79 Å². The number of hydrogen-bond acceptors (Lipinski definition) is 3. The van der Waals surface area contributed by atoms with Crippen molar-refractivity contribution in [2.45, 2.75) is 12.8 Å². The molecule has 0 aliphatic carbocycles. The minimum absolute atomic E-state index is 0.0204. The fourth-order valence-corrected chi connectivity index (χ4v) is 2.26. The van der Waals surface area contributed by atoms with E-state index in [4.69, 9.17) is 5.26 Å². The van der Waals surface area contributed by atoms with Crippen molar-refractivity contribution in [3.8, 4) is 6.07 Å². The Labute approximate surface area is 104 Å². The van der Waals surface area contributed by atoms with E-state index in [-0.39, 0.29) is 11.7 Å². The van der Waals surface area contributed by atoms with Gasteiger partial charge < -0.3 is 0 Å². The lowest BCUT2D eigenvalue weighted by Crippen LogP contribution is -2.00. The second-order valence-electron chi connectivity index (χ2n) is 3.78. The van der Waals surface area contributed by atoms with E-state index in [0.717, 1.165) is 10.4 Å². The van der Waals surface area contributed by atoms with Crippen LogP contribution in [0, 0.1) is 11.3 Å².